The molecule has 1 N–H and O–H groups in total. The van der Waals surface area contributed by atoms with Crippen LogP contribution in [0.4, 0.5) is 0 Å². The fraction of sp³-hybridized carbons (Fsp3) is 0.533. The van der Waals surface area contributed by atoms with E-state index in [0.717, 1.165) is 12.0 Å². The van der Waals surface area contributed by atoms with Gasteiger partial charge in [0.1, 0.15) is 11.5 Å². The lowest BCUT2D eigenvalue weighted by molar-refractivity contribution is -0.147. The van der Waals surface area contributed by atoms with E-state index < -0.39 is 11.4 Å². The number of hydrogen-bond donors (Lipinski definition) is 1. The number of carbonyl (C=O) groups is 1. The van der Waals surface area contributed by atoms with E-state index in [9.17, 15) is 9.90 Å². The van der Waals surface area contributed by atoms with Crippen molar-refractivity contribution in [2.24, 2.45) is 0 Å². The van der Waals surface area contributed by atoms with Gasteiger partial charge in [0.05, 0.1) is 31.8 Å². The molecular weight excluding hydrogens is 260 g/mol. The quantitative estimate of drug-likeness (QED) is 0.866. The standard InChI is InChI=1S/C15H20O5/c1-18-9-10-5-6-11(19-2)12(13(10)20-3)15(14(16)17)7-4-8-15/h5-6H,4,7-9H2,1-3H3,(H,16,17). The lowest BCUT2D eigenvalue weighted by Crippen LogP contribution is -2.43. The van der Waals surface area contributed by atoms with Crippen molar-refractivity contribution in [3.05, 3.63) is 23.3 Å². The van der Waals surface area contributed by atoms with Gasteiger partial charge in [-0.1, -0.05) is 6.42 Å². The third-order valence-electron chi connectivity index (χ3n) is 4.02. The van der Waals surface area contributed by atoms with Gasteiger partial charge in [-0.3, -0.25) is 4.79 Å². The molecule has 1 aromatic rings. The molecule has 0 atom stereocenters. The molecule has 0 spiro atoms. The van der Waals surface area contributed by atoms with Crippen LogP contribution in [0.3, 0.4) is 0 Å². The molecule has 0 bridgehead atoms. The SMILES string of the molecule is COCc1ccc(OC)c(C2(C(=O)O)CCC2)c1OC. The lowest BCUT2D eigenvalue weighted by Gasteiger charge is -2.39. The maximum atomic E-state index is 11.8. The summed E-state index contributed by atoms with van der Waals surface area (Å²) >= 11 is 0. The number of methoxy groups -OCH3 is 3. The minimum absolute atomic E-state index is 0.371. The van der Waals surface area contributed by atoms with Gasteiger partial charge in [-0.2, -0.15) is 0 Å². The van der Waals surface area contributed by atoms with E-state index in [0.29, 0.717) is 36.5 Å². The molecule has 0 aromatic heterocycles. The van der Waals surface area contributed by atoms with E-state index in [2.05, 4.69) is 0 Å². The Bertz CT molecular complexity index is 505. The van der Waals surface area contributed by atoms with Gasteiger partial charge in [-0.25, -0.2) is 0 Å². The molecule has 20 heavy (non-hydrogen) atoms. The summed E-state index contributed by atoms with van der Waals surface area (Å²) in [6.45, 7) is 0.371. The zero-order chi connectivity index (χ0) is 14.8. The monoisotopic (exact) mass is 280 g/mol. The lowest BCUT2D eigenvalue weighted by atomic mass is 9.63. The second kappa shape index (κ2) is 5.71. The van der Waals surface area contributed by atoms with Crippen LogP contribution in [0.5, 0.6) is 11.5 Å². The second-order valence-corrected chi connectivity index (χ2v) is 5.01. The average Bonchev–Trinajstić information content (AvgIpc) is 2.37. The first-order valence-corrected chi connectivity index (χ1v) is 6.57. The maximum Gasteiger partial charge on any atom is 0.314 e. The van der Waals surface area contributed by atoms with Gasteiger partial charge in [-0.05, 0) is 25.0 Å². The Morgan fingerprint density at radius 2 is 1.95 bits per heavy atom. The predicted octanol–water partition coefficient (Wildman–Crippen LogP) is 2.36. The highest BCUT2D eigenvalue weighted by molar-refractivity contribution is 5.85. The molecule has 2 rings (SSSR count). The molecule has 1 aliphatic carbocycles. The molecular formula is C15H20O5. The Balaban J connectivity index is 2.64. The summed E-state index contributed by atoms with van der Waals surface area (Å²) in [7, 11) is 4.69. The number of carboxylic acids is 1. The summed E-state index contributed by atoms with van der Waals surface area (Å²) in [5.41, 5.74) is 0.564. The molecule has 5 heteroatoms. The largest absolute Gasteiger partial charge is 0.496 e. The molecule has 1 saturated carbocycles. The van der Waals surface area contributed by atoms with Gasteiger partial charge in [0, 0.05) is 12.7 Å². The molecule has 0 heterocycles. The van der Waals surface area contributed by atoms with Crippen LogP contribution >= 0.6 is 0 Å². The number of aliphatic carboxylic acids is 1. The van der Waals surface area contributed by atoms with Crippen LogP contribution in [-0.4, -0.2) is 32.4 Å². The van der Waals surface area contributed by atoms with Crippen molar-refractivity contribution in [3.63, 3.8) is 0 Å². The second-order valence-electron chi connectivity index (χ2n) is 5.01. The van der Waals surface area contributed by atoms with Gasteiger partial charge in [0.2, 0.25) is 0 Å². The molecule has 1 fully saturated rings. The number of rotatable bonds is 6. The van der Waals surface area contributed by atoms with E-state index >= 15 is 0 Å². The molecule has 1 aromatic carbocycles. The summed E-state index contributed by atoms with van der Waals surface area (Å²) in [5, 5.41) is 9.66. The molecule has 0 unspecified atom stereocenters. The molecule has 5 nitrogen and oxygen atoms in total. The fourth-order valence-corrected chi connectivity index (χ4v) is 2.83. The minimum atomic E-state index is -0.902. The van der Waals surface area contributed by atoms with Crippen molar-refractivity contribution in [2.75, 3.05) is 21.3 Å². The van der Waals surface area contributed by atoms with Crippen molar-refractivity contribution in [2.45, 2.75) is 31.3 Å². The number of carboxylic acid groups (broad SMARTS) is 1. The normalized spacial score (nSPS) is 16.4. The van der Waals surface area contributed by atoms with Gasteiger partial charge in [-0.15, -0.1) is 0 Å². The van der Waals surface area contributed by atoms with Crippen LogP contribution in [0.25, 0.3) is 0 Å². The topological polar surface area (TPSA) is 65.0 Å². The summed E-state index contributed by atoms with van der Waals surface area (Å²) in [6, 6.07) is 3.63. The van der Waals surface area contributed by atoms with Crippen molar-refractivity contribution in [3.8, 4) is 11.5 Å². The van der Waals surface area contributed by atoms with Crippen LogP contribution in [0.1, 0.15) is 30.4 Å². The van der Waals surface area contributed by atoms with E-state index in [1.165, 1.54) is 0 Å². The van der Waals surface area contributed by atoms with E-state index in [1.807, 2.05) is 6.07 Å². The Morgan fingerprint density at radius 1 is 1.25 bits per heavy atom. The van der Waals surface area contributed by atoms with Crippen LogP contribution in [0.15, 0.2) is 12.1 Å². The third kappa shape index (κ3) is 2.12. The Hall–Kier alpha value is -1.75. The van der Waals surface area contributed by atoms with Crippen LogP contribution in [-0.2, 0) is 21.6 Å². The van der Waals surface area contributed by atoms with Crippen molar-refractivity contribution < 1.29 is 24.1 Å². The van der Waals surface area contributed by atoms with Crippen LogP contribution in [0.2, 0.25) is 0 Å². The summed E-state index contributed by atoms with van der Waals surface area (Å²) < 4.78 is 16.0. The average molecular weight is 280 g/mol. The Kier molecular flexibility index (Phi) is 4.18. The minimum Gasteiger partial charge on any atom is -0.496 e. The molecule has 0 aliphatic heterocycles. The first-order chi connectivity index (χ1) is 9.60. The molecule has 0 amide bonds. The van der Waals surface area contributed by atoms with E-state index in [4.69, 9.17) is 14.2 Å². The van der Waals surface area contributed by atoms with Crippen molar-refractivity contribution in [1.29, 1.82) is 0 Å². The zero-order valence-corrected chi connectivity index (χ0v) is 12.1. The summed E-state index contributed by atoms with van der Waals surface area (Å²) in [5.74, 6) is 0.298. The summed E-state index contributed by atoms with van der Waals surface area (Å²) in [6.07, 6.45) is 2.10. The van der Waals surface area contributed by atoms with Gasteiger partial charge < -0.3 is 19.3 Å². The zero-order valence-electron chi connectivity index (χ0n) is 12.1. The predicted molar refractivity (Wildman–Crippen MR) is 73.4 cm³/mol. The first kappa shape index (κ1) is 14.7. The number of benzene rings is 1. The Morgan fingerprint density at radius 3 is 2.35 bits per heavy atom. The van der Waals surface area contributed by atoms with E-state index in [1.54, 1.807) is 27.4 Å². The number of ether oxygens (including phenoxy) is 3. The van der Waals surface area contributed by atoms with Gasteiger partial charge >= 0.3 is 5.97 Å². The highest BCUT2D eigenvalue weighted by Gasteiger charge is 2.50. The first-order valence-electron chi connectivity index (χ1n) is 6.57. The highest BCUT2D eigenvalue weighted by Crippen LogP contribution is 2.52. The van der Waals surface area contributed by atoms with Crippen molar-refractivity contribution >= 4 is 5.97 Å². The third-order valence-corrected chi connectivity index (χ3v) is 4.02. The molecule has 110 valence electrons. The van der Waals surface area contributed by atoms with Crippen molar-refractivity contribution in [1.82, 2.24) is 0 Å². The van der Waals surface area contributed by atoms with Gasteiger partial charge in [0.25, 0.3) is 0 Å². The molecule has 0 radical (unpaired) electrons. The highest BCUT2D eigenvalue weighted by atomic mass is 16.5. The molecule has 0 saturated heterocycles. The van der Waals surface area contributed by atoms with Crippen LogP contribution < -0.4 is 9.47 Å². The maximum absolute atomic E-state index is 11.8. The van der Waals surface area contributed by atoms with Crippen LogP contribution in [0, 0.1) is 0 Å². The smallest absolute Gasteiger partial charge is 0.314 e. The van der Waals surface area contributed by atoms with E-state index in [-0.39, 0.29) is 0 Å². The summed E-state index contributed by atoms with van der Waals surface area (Å²) in [4.78, 5) is 11.8. The number of hydrogen-bond acceptors (Lipinski definition) is 4. The molecule has 1 aliphatic rings. The Labute approximate surface area is 118 Å². The fourth-order valence-electron chi connectivity index (χ4n) is 2.83. The van der Waals surface area contributed by atoms with Gasteiger partial charge in [0.15, 0.2) is 0 Å².